The molecule has 3 nitrogen and oxygen atoms in total. The molecule has 1 heterocycles. The van der Waals surface area contributed by atoms with Crippen LogP contribution in [0, 0.1) is 5.41 Å². The van der Waals surface area contributed by atoms with Crippen LogP contribution in [-0.2, 0) is 16.0 Å². The van der Waals surface area contributed by atoms with Gasteiger partial charge in [-0.3, -0.25) is 4.79 Å². The Morgan fingerprint density at radius 2 is 1.89 bits per heavy atom. The van der Waals surface area contributed by atoms with Crippen LogP contribution in [0.15, 0.2) is 24.3 Å². The summed E-state index contributed by atoms with van der Waals surface area (Å²) in [6.45, 7) is 1.66. The van der Waals surface area contributed by atoms with Gasteiger partial charge in [0.15, 0.2) is 0 Å². The second kappa shape index (κ2) is 5.83. The van der Waals surface area contributed by atoms with Gasteiger partial charge in [0, 0.05) is 36.6 Å². The fourth-order valence-corrected chi connectivity index (χ4v) is 2.46. The minimum atomic E-state index is -0.391. The van der Waals surface area contributed by atoms with Crippen molar-refractivity contribution in [2.75, 3.05) is 19.8 Å². The molecule has 0 radical (unpaired) electrons. The Bertz CT molecular complexity index is 410. The van der Waals surface area contributed by atoms with Gasteiger partial charge in [-0.25, -0.2) is 0 Å². The number of carbonyl (C=O) groups excluding carboxylic acids is 1. The van der Waals surface area contributed by atoms with Crippen LogP contribution in [0.5, 0.6) is 0 Å². The number of benzene rings is 1. The summed E-state index contributed by atoms with van der Waals surface area (Å²) in [5.41, 5.74) is 6.42. The number of Topliss-reactive ketones (excluding diaryl/α,β-unsaturated/α-hetero) is 1. The van der Waals surface area contributed by atoms with Crippen LogP contribution in [0.25, 0.3) is 0 Å². The van der Waals surface area contributed by atoms with E-state index < -0.39 is 5.41 Å². The predicted octanol–water partition coefficient (Wildman–Crippen LogP) is 2.21. The monoisotopic (exact) mass is 267 g/mol. The van der Waals surface area contributed by atoms with E-state index in [0.29, 0.717) is 31.2 Å². The summed E-state index contributed by atoms with van der Waals surface area (Å²) >= 11 is 5.83. The van der Waals surface area contributed by atoms with Gasteiger partial charge >= 0.3 is 0 Å². The van der Waals surface area contributed by atoms with E-state index in [0.717, 1.165) is 18.4 Å². The Labute approximate surface area is 112 Å². The van der Waals surface area contributed by atoms with Crippen LogP contribution < -0.4 is 5.73 Å². The molecule has 18 heavy (non-hydrogen) atoms. The number of halogens is 1. The fourth-order valence-electron chi connectivity index (χ4n) is 2.33. The van der Waals surface area contributed by atoms with Gasteiger partial charge in [0.25, 0.3) is 0 Å². The summed E-state index contributed by atoms with van der Waals surface area (Å²) in [6, 6.07) is 7.40. The van der Waals surface area contributed by atoms with Crippen LogP contribution in [0.3, 0.4) is 0 Å². The summed E-state index contributed by atoms with van der Waals surface area (Å²) in [5, 5.41) is 0.686. The molecule has 0 bridgehead atoms. The molecule has 0 unspecified atom stereocenters. The van der Waals surface area contributed by atoms with Gasteiger partial charge in [-0.1, -0.05) is 23.7 Å². The normalized spacial score (nSPS) is 18.6. The molecule has 0 saturated carbocycles. The Balaban J connectivity index is 2.07. The maximum atomic E-state index is 12.4. The summed E-state index contributed by atoms with van der Waals surface area (Å²) in [7, 11) is 0. The van der Waals surface area contributed by atoms with Crippen molar-refractivity contribution in [1.29, 1.82) is 0 Å². The van der Waals surface area contributed by atoms with Gasteiger partial charge in [0.2, 0.25) is 0 Å². The standard InChI is InChI=1S/C14H18ClNO2/c15-12-3-1-11(2-4-12)9-13(17)14(10-16)5-7-18-8-6-14/h1-4H,5-10,16H2. The maximum absolute atomic E-state index is 12.4. The van der Waals surface area contributed by atoms with Crippen LogP contribution in [0.1, 0.15) is 18.4 Å². The summed E-state index contributed by atoms with van der Waals surface area (Å²) in [6.07, 6.45) is 1.89. The van der Waals surface area contributed by atoms with Gasteiger partial charge in [-0.2, -0.15) is 0 Å². The van der Waals surface area contributed by atoms with Gasteiger partial charge in [0.1, 0.15) is 5.78 Å². The summed E-state index contributed by atoms with van der Waals surface area (Å²) in [4.78, 5) is 12.4. The molecule has 0 aliphatic carbocycles. The molecule has 1 aliphatic rings. The summed E-state index contributed by atoms with van der Waals surface area (Å²) in [5.74, 6) is 0.218. The molecular weight excluding hydrogens is 250 g/mol. The van der Waals surface area contributed by atoms with Crippen LogP contribution in [0.2, 0.25) is 5.02 Å². The average molecular weight is 268 g/mol. The average Bonchev–Trinajstić information content (AvgIpc) is 2.42. The fraction of sp³-hybridized carbons (Fsp3) is 0.500. The van der Waals surface area contributed by atoms with Crippen LogP contribution >= 0.6 is 11.6 Å². The zero-order chi connectivity index (χ0) is 13.0. The first-order chi connectivity index (χ1) is 8.66. The molecule has 0 atom stereocenters. The van der Waals surface area contributed by atoms with E-state index >= 15 is 0 Å². The van der Waals surface area contributed by atoms with Crippen molar-refractivity contribution in [3.63, 3.8) is 0 Å². The number of ether oxygens (including phenoxy) is 1. The Morgan fingerprint density at radius 3 is 2.44 bits per heavy atom. The molecular formula is C14H18ClNO2. The first kappa shape index (κ1) is 13.5. The highest BCUT2D eigenvalue weighted by Crippen LogP contribution is 2.31. The second-order valence-electron chi connectivity index (χ2n) is 4.82. The molecule has 1 fully saturated rings. The molecule has 98 valence electrons. The third-order valence-electron chi connectivity index (χ3n) is 3.71. The van der Waals surface area contributed by atoms with Crippen molar-refractivity contribution < 1.29 is 9.53 Å². The van der Waals surface area contributed by atoms with Gasteiger partial charge < -0.3 is 10.5 Å². The number of rotatable bonds is 4. The predicted molar refractivity (Wildman–Crippen MR) is 71.7 cm³/mol. The molecule has 1 aromatic carbocycles. The number of carbonyl (C=O) groups is 1. The SMILES string of the molecule is NCC1(C(=O)Cc2ccc(Cl)cc2)CCOCC1. The van der Waals surface area contributed by atoms with E-state index in [1.807, 2.05) is 24.3 Å². The quantitative estimate of drug-likeness (QED) is 0.910. The highest BCUT2D eigenvalue weighted by atomic mass is 35.5. The number of nitrogens with two attached hydrogens (primary N) is 1. The molecule has 4 heteroatoms. The Kier molecular flexibility index (Phi) is 4.38. The smallest absolute Gasteiger partial charge is 0.144 e. The molecule has 1 aliphatic heterocycles. The molecule has 2 N–H and O–H groups in total. The highest BCUT2D eigenvalue weighted by molar-refractivity contribution is 6.30. The van der Waals surface area contributed by atoms with Crippen LogP contribution in [0.4, 0.5) is 0 Å². The Morgan fingerprint density at radius 1 is 1.28 bits per heavy atom. The second-order valence-corrected chi connectivity index (χ2v) is 5.26. The van der Waals surface area contributed by atoms with E-state index in [2.05, 4.69) is 0 Å². The van der Waals surface area contributed by atoms with Gasteiger partial charge in [-0.15, -0.1) is 0 Å². The number of hydrogen-bond acceptors (Lipinski definition) is 3. The third-order valence-corrected chi connectivity index (χ3v) is 3.96. The minimum Gasteiger partial charge on any atom is -0.381 e. The van der Waals surface area contributed by atoms with Crippen LogP contribution in [-0.4, -0.2) is 25.5 Å². The largest absolute Gasteiger partial charge is 0.381 e. The van der Waals surface area contributed by atoms with Crippen molar-refractivity contribution in [1.82, 2.24) is 0 Å². The zero-order valence-electron chi connectivity index (χ0n) is 10.3. The van der Waals surface area contributed by atoms with Crippen molar-refractivity contribution in [2.45, 2.75) is 19.3 Å². The van der Waals surface area contributed by atoms with E-state index in [1.165, 1.54) is 0 Å². The third kappa shape index (κ3) is 2.91. The van der Waals surface area contributed by atoms with E-state index in [9.17, 15) is 4.79 Å². The van der Waals surface area contributed by atoms with Crippen molar-refractivity contribution in [3.05, 3.63) is 34.9 Å². The van der Waals surface area contributed by atoms with Gasteiger partial charge in [-0.05, 0) is 30.5 Å². The lowest BCUT2D eigenvalue weighted by molar-refractivity contribution is -0.132. The first-order valence-corrected chi connectivity index (χ1v) is 6.60. The zero-order valence-corrected chi connectivity index (χ0v) is 11.1. The molecule has 1 saturated heterocycles. The molecule has 0 amide bonds. The number of ketones is 1. The molecule has 1 aromatic rings. The van der Waals surface area contributed by atoms with E-state index in [-0.39, 0.29) is 5.78 Å². The minimum absolute atomic E-state index is 0.218. The van der Waals surface area contributed by atoms with Crippen molar-refractivity contribution in [3.8, 4) is 0 Å². The summed E-state index contributed by atoms with van der Waals surface area (Å²) < 4.78 is 5.32. The first-order valence-electron chi connectivity index (χ1n) is 6.22. The Hall–Kier alpha value is -0.900. The lowest BCUT2D eigenvalue weighted by atomic mass is 9.74. The molecule has 0 spiro atoms. The molecule has 0 aromatic heterocycles. The van der Waals surface area contributed by atoms with Crippen molar-refractivity contribution in [2.24, 2.45) is 11.1 Å². The van der Waals surface area contributed by atoms with E-state index in [4.69, 9.17) is 22.1 Å². The highest BCUT2D eigenvalue weighted by Gasteiger charge is 2.37. The lowest BCUT2D eigenvalue weighted by Crippen LogP contribution is -2.44. The van der Waals surface area contributed by atoms with Gasteiger partial charge in [0.05, 0.1) is 0 Å². The maximum Gasteiger partial charge on any atom is 0.144 e. The topological polar surface area (TPSA) is 52.3 Å². The van der Waals surface area contributed by atoms with E-state index in [1.54, 1.807) is 0 Å². The number of hydrogen-bond donors (Lipinski definition) is 1. The van der Waals surface area contributed by atoms with Crippen molar-refractivity contribution >= 4 is 17.4 Å². The molecule has 2 rings (SSSR count). The lowest BCUT2D eigenvalue weighted by Gasteiger charge is -2.34.